The molecule has 2 nitrogen and oxygen atoms in total. The van der Waals surface area contributed by atoms with Crippen molar-refractivity contribution in [3.63, 3.8) is 0 Å². The van der Waals surface area contributed by atoms with Gasteiger partial charge in [-0.2, -0.15) is 0 Å². The summed E-state index contributed by atoms with van der Waals surface area (Å²) >= 11 is 0. The molecule has 2 heteroatoms. The predicted octanol–water partition coefficient (Wildman–Crippen LogP) is 10.8. The van der Waals surface area contributed by atoms with Gasteiger partial charge in [-0.05, 0) is 89.6 Å². The SMILES string of the molecule is C=Cc1c(-c2cc3c4ccccc4c4ccccc4c3c3ccccc23)ccc(-c2nc3ccccc3n2C)c1C=C. The highest BCUT2D eigenvalue weighted by molar-refractivity contribution is 6.33. The van der Waals surface area contributed by atoms with Gasteiger partial charge in [0.25, 0.3) is 0 Å². The molecular formula is C40H28N2. The van der Waals surface area contributed by atoms with Gasteiger partial charge in [-0.3, -0.25) is 0 Å². The molecule has 0 fully saturated rings. The Labute approximate surface area is 244 Å². The second-order valence-electron chi connectivity index (χ2n) is 10.9. The predicted molar refractivity (Wildman–Crippen MR) is 182 cm³/mol. The summed E-state index contributed by atoms with van der Waals surface area (Å²) in [5.74, 6) is 0.918. The van der Waals surface area contributed by atoms with E-state index in [1.807, 2.05) is 18.2 Å². The van der Waals surface area contributed by atoms with E-state index in [-0.39, 0.29) is 0 Å². The molecule has 7 aromatic carbocycles. The molecule has 0 saturated carbocycles. The van der Waals surface area contributed by atoms with E-state index in [1.165, 1.54) is 48.7 Å². The van der Waals surface area contributed by atoms with Crippen molar-refractivity contribution in [2.24, 2.45) is 7.05 Å². The molecule has 8 aromatic rings. The Morgan fingerprint density at radius 2 is 1.02 bits per heavy atom. The lowest BCUT2D eigenvalue weighted by Gasteiger charge is -2.19. The number of aryl methyl sites for hydroxylation is 1. The van der Waals surface area contributed by atoms with Crippen LogP contribution in [-0.4, -0.2) is 9.55 Å². The molecule has 0 aliphatic rings. The molecule has 0 aliphatic heterocycles. The fourth-order valence-corrected chi connectivity index (χ4v) is 6.88. The van der Waals surface area contributed by atoms with Gasteiger partial charge in [0.1, 0.15) is 5.82 Å². The minimum Gasteiger partial charge on any atom is -0.327 e. The van der Waals surface area contributed by atoms with Crippen LogP contribution in [0.4, 0.5) is 0 Å². The Morgan fingerprint density at radius 3 is 1.69 bits per heavy atom. The molecule has 1 heterocycles. The van der Waals surface area contributed by atoms with E-state index in [2.05, 4.69) is 134 Å². The summed E-state index contributed by atoms with van der Waals surface area (Å²) in [4.78, 5) is 5.00. The first-order chi connectivity index (χ1) is 20.7. The molecule has 0 bridgehead atoms. The zero-order chi connectivity index (χ0) is 28.4. The maximum absolute atomic E-state index is 5.00. The minimum atomic E-state index is 0.918. The zero-order valence-electron chi connectivity index (χ0n) is 23.4. The standard InChI is InChI=1S/C40H28N2/c1-4-25-26(5-2)34(40-41-37-20-12-13-21-38(37)42(40)3)23-22-31(25)35-24-36-29-16-7-6-14-27(29)28-15-8-10-18-32(28)39(36)33-19-11-9-17-30(33)35/h4-24H,1-2H2,3H3. The van der Waals surface area contributed by atoms with Crippen LogP contribution < -0.4 is 0 Å². The van der Waals surface area contributed by atoms with E-state index in [4.69, 9.17) is 4.98 Å². The van der Waals surface area contributed by atoms with E-state index < -0.39 is 0 Å². The largest absolute Gasteiger partial charge is 0.327 e. The topological polar surface area (TPSA) is 17.8 Å². The summed E-state index contributed by atoms with van der Waals surface area (Å²) in [6.45, 7) is 8.53. The molecule has 0 N–H and O–H groups in total. The van der Waals surface area contributed by atoms with Gasteiger partial charge in [0.05, 0.1) is 11.0 Å². The van der Waals surface area contributed by atoms with Gasteiger partial charge in [-0.25, -0.2) is 4.98 Å². The molecule has 0 amide bonds. The molecule has 0 unspecified atom stereocenters. The van der Waals surface area contributed by atoms with Crippen molar-refractivity contribution in [1.29, 1.82) is 0 Å². The molecule has 0 saturated heterocycles. The first-order valence-electron chi connectivity index (χ1n) is 14.3. The number of rotatable bonds is 4. The highest BCUT2D eigenvalue weighted by Gasteiger charge is 2.20. The Morgan fingerprint density at radius 1 is 0.524 bits per heavy atom. The van der Waals surface area contributed by atoms with Crippen molar-refractivity contribution >= 4 is 66.3 Å². The Bertz CT molecular complexity index is 2400. The van der Waals surface area contributed by atoms with Crippen molar-refractivity contribution < 1.29 is 0 Å². The smallest absolute Gasteiger partial charge is 0.141 e. The second kappa shape index (κ2) is 9.29. The first kappa shape index (κ1) is 24.3. The number of benzene rings is 7. The Hall–Kier alpha value is -5.47. The van der Waals surface area contributed by atoms with E-state index in [1.54, 1.807) is 0 Å². The Balaban J connectivity index is 1.49. The quantitative estimate of drug-likeness (QED) is 0.205. The van der Waals surface area contributed by atoms with Gasteiger partial charge in [-0.15, -0.1) is 0 Å². The highest BCUT2D eigenvalue weighted by Crippen LogP contribution is 2.44. The zero-order valence-corrected chi connectivity index (χ0v) is 23.4. The molecule has 0 aliphatic carbocycles. The first-order valence-corrected chi connectivity index (χ1v) is 14.3. The van der Waals surface area contributed by atoms with E-state index in [0.717, 1.165) is 39.1 Å². The van der Waals surface area contributed by atoms with Gasteiger partial charge in [0.2, 0.25) is 0 Å². The fourth-order valence-electron chi connectivity index (χ4n) is 6.88. The summed E-state index contributed by atoms with van der Waals surface area (Å²) in [6, 6.07) is 41.4. The van der Waals surface area contributed by atoms with Gasteiger partial charge in [0.15, 0.2) is 0 Å². The maximum Gasteiger partial charge on any atom is 0.141 e. The van der Waals surface area contributed by atoms with Crippen LogP contribution in [0.1, 0.15) is 11.1 Å². The van der Waals surface area contributed by atoms with Crippen molar-refractivity contribution in [3.05, 3.63) is 140 Å². The number of para-hydroxylation sites is 2. The number of hydrogen-bond donors (Lipinski definition) is 0. The van der Waals surface area contributed by atoms with Gasteiger partial charge in [0, 0.05) is 12.6 Å². The maximum atomic E-state index is 5.00. The average Bonchev–Trinajstić information content (AvgIpc) is 3.39. The number of nitrogens with zero attached hydrogens (tertiary/aromatic N) is 2. The summed E-state index contributed by atoms with van der Waals surface area (Å²) in [6.07, 6.45) is 3.91. The lowest BCUT2D eigenvalue weighted by molar-refractivity contribution is 0.959. The lowest BCUT2D eigenvalue weighted by atomic mass is 9.85. The molecule has 0 radical (unpaired) electrons. The summed E-state index contributed by atoms with van der Waals surface area (Å²) < 4.78 is 2.16. The van der Waals surface area contributed by atoms with Gasteiger partial charge in [-0.1, -0.05) is 116 Å². The van der Waals surface area contributed by atoms with Crippen LogP contribution in [0.3, 0.4) is 0 Å². The number of aromatic nitrogens is 2. The van der Waals surface area contributed by atoms with Crippen LogP contribution in [0, 0.1) is 0 Å². The second-order valence-corrected chi connectivity index (χ2v) is 10.9. The monoisotopic (exact) mass is 536 g/mol. The number of fused-ring (bicyclic) bond motifs is 9. The third kappa shape index (κ3) is 3.36. The molecule has 8 rings (SSSR count). The van der Waals surface area contributed by atoms with E-state index in [0.29, 0.717) is 0 Å². The molecule has 1 aromatic heterocycles. The highest BCUT2D eigenvalue weighted by atomic mass is 15.1. The van der Waals surface area contributed by atoms with Gasteiger partial charge < -0.3 is 4.57 Å². The normalized spacial score (nSPS) is 11.6. The van der Waals surface area contributed by atoms with E-state index >= 15 is 0 Å². The average molecular weight is 537 g/mol. The fraction of sp³-hybridized carbons (Fsp3) is 0.0250. The van der Waals surface area contributed by atoms with Crippen LogP contribution in [-0.2, 0) is 7.05 Å². The number of hydrogen-bond acceptors (Lipinski definition) is 1. The summed E-state index contributed by atoms with van der Waals surface area (Å²) in [7, 11) is 2.07. The molecule has 42 heavy (non-hydrogen) atoms. The van der Waals surface area contributed by atoms with Crippen LogP contribution in [0.2, 0.25) is 0 Å². The molecular weight excluding hydrogens is 508 g/mol. The summed E-state index contributed by atoms with van der Waals surface area (Å²) in [5.41, 5.74) is 7.55. The van der Waals surface area contributed by atoms with Crippen molar-refractivity contribution in [1.82, 2.24) is 9.55 Å². The molecule has 198 valence electrons. The third-order valence-electron chi connectivity index (χ3n) is 8.76. The van der Waals surface area contributed by atoms with Crippen molar-refractivity contribution in [3.8, 4) is 22.5 Å². The minimum absolute atomic E-state index is 0.918. The number of imidazole rings is 1. The molecule has 0 spiro atoms. The lowest BCUT2D eigenvalue weighted by Crippen LogP contribution is -1.98. The Kier molecular flexibility index (Phi) is 5.38. The molecule has 0 atom stereocenters. The summed E-state index contributed by atoms with van der Waals surface area (Å²) in [5, 5.41) is 10.1. The van der Waals surface area contributed by atoms with Crippen molar-refractivity contribution in [2.45, 2.75) is 0 Å². The van der Waals surface area contributed by atoms with Crippen molar-refractivity contribution in [2.75, 3.05) is 0 Å². The van der Waals surface area contributed by atoms with Crippen LogP contribution in [0.25, 0.3) is 88.8 Å². The van der Waals surface area contributed by atoms with Crippen LogP contribution >= 0.6 is 0 Å². The van der Waals surface area contributed by atoms with Gasteiger partial charge >= 0.3 is 0 Å². The van der Waals surface area contributed by atoms with Crippen LogP contribution in [0.15, 0.2) is 128 Å². The third-order valence-corrected chi connectivity index (χ3v) is 8.76. The van der Waals surface area contributed by atoms with E-state index in [9.17, 15) is 0 Å². The van der Waals surface area contributed by atoms with Crippen LogP contribution in [0.5, 0.6) is 0 Å².